The normalized spacial score (nSPS) is 10.5. The number of nitrogens with zero attached hydrogens (tertiary/aromatic N) is 2. The number of aromatic nitrogens is 2. The Hall–Kier alpha value is -1.97. The minimum absolute atomic E-state index is 0. The van der Waals surface area contributed by atoms with E-state index in [2.05, 4.69) is 22.3 Å². The molecule has 0 spiro atoms. The van der Waals surface area contributed by atoms with Crippen LogP contribution in [0.15, 0.2) is 60.9 Å². The Morgan fingerprint density at radius 2 is 1.42 bits per heavy atom. The molecule has 4 heteroatoms. The molecule has 24 heavy (non-hydrogen) atoms. The van der Waals surface area contributed by atoms with E-state index in [1.165, 1.54) is 0 Å². The monoisotopic (exact) mass is 386 g/mol. The van der Waals surface area contributed by atoms with E-state index in [0.29, 0.717) is 5.56 Å². The molecule has 2 aromatic carbocycles. The van der Waals surface area contributed by atoms with Crippen LogP contribution in [0.1, 0.15) is 11.1 Å². The summed E-state index contributed by atoms with van der Waals surface area (Å²) in [5, 5.41) is 2.02. The zero-order valence-electron chi connectivity index (χ0n) is 13.2. The molecule has 2 heterocycles. The number of rotatable bonds is 2. The van der Waals surface area contributed by atoms with Crippen LogP contribution in [0.4, 0.5) is 0 Å². The molecule has 0 fully saturated rings. The van der Waals surface area contributed by atoms with Gasteiger partial charge in [-0.3, -0.25) is 9.97 Å². The molecule has 4 rings (SSSR count). The third kappa shape index (κ3) is 2.90. The number of aryl methyl sites for hydroxylation is 1. The predicted octanol–water partition coefficient (Wildman–Crippen LogP) is 4.21. The van der Waals surface area contributed by atoms with E-state index >= 15 is 0 Å². The van der Waals surface area contributed by atoms with Crippen LogP contribution in [0.3, 0.4) is 0 Å². The third-order valence-corrected chi connectivity index (χ3v) is 4.09. The topological polar surface area (TPSA) is 42.9 Å². The predicted molar refractivity (Wildman–Crippen MR) is 92.0 cm³/mol. The molecule has 113 valence electrons. The Morgan fingerprint density at radius 3 is 2.04 bits per heavy atom. The smallest absolute Gasteiger partial charge is 0.0697 e. The standard InChI is InChI=1S/C20H13N2O.Y/c1-13-8-14-4-2-6-21-19(14)10-17(13)18-11-20-15(5-3-7-22-20)9-16(18)12-23;/h2-11H,1H3;/q-1;. The summed E-state index contributed by atoms with van der Waals surface area (Å²) in [7, 11) is 0. The zero-order chi connectivity index (χ0) is 15.8. The van der Waals surface area contributed by atoms with Crippen molar-refractivity contribution < 1.29 is 37.5 Å². The van der Waals surface area contributed by atoms with Gasteiger partial charge in [-0.25, -0.2) is 0 Å². The Kier molecular flexibility index (Phi) is 4.84. The molecular formula is C20H13N2OY-. The van der Waals surface area contributed by atoms with Crippen molar-refractivity contribution in [1.82, 2.24) is 9.97 Å². The van der Waals surface area contributed by atoms with Crippen LogP contribution >= 0.6 is 0 Å². The first kappa shape index (κ1) is 16.9. The molecule has 4 aromatic rings. The molecule has 0 bridgehead atoms. The fraction of sp³-hybridized carbons (Fsp3) is 0.0500. The molecule has 1 radical (unpaired) electrons. The summed E-state index contributed by atoms with van der Waals surface area (Å²) in [6.45, 7) is 2.04. The molecule has 0 unspecified atom stereocenters. The largest absolute Gasteiger partial charge is 0.376 e. The minimum atomic E-state index is 0. The van der Waals surface area contributed by atoms with Gasteiger partial charge < -0.3 is 4.79 Å². The molecular weight excluding hydrogens is 373 g/mol. The summed E-state index contributed by atoms with van der Waals surface area (Å²) in [5.74, 6) is 0. The summed E-state index contributed by atoms with van der Waals surface area (Å²) in [5.41, 5.74) is 5.24. The Bertz CT molecular complexity index is 1060. The maximum Gasteiger partial charge on any atom is 0.0697 e. The molecule has 0 amide bonds. The number of benzene rings is 2. The maximum atomic E-state index is 11.5. The first-order valence-corrected chi connectivity index (χ1v) is 7.39. The first-order valence-electron chi connectivity index (χ1n) is 7.39. The average Bonchev–Trinajstić information content (AvgIpc) is 2.60. The van der Waals surface area contributed by atoms with Crippen LogP contribution in [-0.2, 0) is 37.5 Å². The number of carbonyl (C=O) groups excluding carboxylic acids is 1. The number of fused-ring (bicyclic) bond motifs is 2. The second-order valence-electron chi connectivity index (χ2n) is 5.56. The molecule has 3 nitrogen and oxygen atoms in total. The average molecular weight is 386 g/mol. The van der Waals surface area contributed by atoms with E-state index in [-0.39, 0.29) is 32.7 Å². The van der Waals surface area contributed by atoms with Gasteiger partial charge in [0.05, 0.1) is 11.8 Å². The molecule has 0 aliphatic carbocycles. The second-order valence-corrected chi connectivity index (χ2v) is 5.56. The van der Waals surface area contributed by atoms with Gasteiger partial charge in [-0.15, -0.1) is 11.1 Å². The minimum Gasteiger partial charge on any atom is -0.376 e. The van der Waals surface area contributed by atoms with Crippen LogP contribution in [0.5, 0.6) is 0 Å². The molecule has 0 N–H and O–H groups in total. The fourth-order valence-corrected chi connectivity index (χ4v) is 2.95. The van der Waals surface area contributed by atoms with E-state index in [0.717, 1.165) is 38.5 Å². The van der Waals surface area contributed by atoms with Crippen molar-refractivity contribution in [1.29, 1.82) is 0 Å². The molecule has 0 saturated heterocycles. The zero-order valence-corrected chi connectivity index (χ0v) is 16.0. The third-order valence-electron chi connectivity index (χ3n) is 4.09. The maximum absolute atomic E-state index is 11.5. The van der Waals surface area contributed by atoms with Crippen LogP contribution in [-0.4, -0.2) is 16.3 Å². The summed E-state index contributed by atoms with van der Waals surface area (Å²) >= 11 is 0. The van der Waals surface area contributed by atoms with Crippen molar-refractivity contribution in [3.8, 4) is 11.1 Å². The van der Waals surface area contributed by atoms with Gasteiger partial charge in [0.2, 0.25) is 0 Å². The quantitative estimate of drug-likeness (QED) is 0.485. The number of hydrogen-bond donors (Lipinski definition) is 0. The summed E-state index contributed by atoms with van der Waals surface area (Å²) in [6, 6.07) is 15.7. The Balaban J connectivity index is 0.00000169. The molecule has 0 aliphatic rings. The summed E-state index contributed by atoms with van der Waals surface area (Å²) in [6.07, 6.45) is 5.59. The summed E-state index contributed by atoms with van der Waals surface area (Å²) in [4.78, 5) is 20.3. The number of hydrogen-bond acceptors (Lipinski definition) is 3. The van der Waals surface area contributed by atoms with Gasteiger partial charge in [-0.1, -0.05) is 40.8 Å². The molecule has 0 saturated carbocycles. The van der Waals surface area contributed by atoms with Gasteiger partial charge in [0.25, 0.3) is 0 Å². The van der Waals surface area contributed by atoms with Gasteiger partial charge in [-0.05, 0) is 25.1 Å². The Morgan fingerprint density at radius 1 is 0.833 bits per heavy atom. The van der Waals surface area contributed by atoms with Crippen molar-refractivity contribution in [2.75, 3.05) is 0 Å². The van der Waals surface area contributed by atoms with E-state index in [1.54, 1.807) is 12.4 Å². The first-order chi connectivity index (χ1) is 11.3. The van der Waals surface area contributed by atoms with Crippen molar-refractivity contribution >= 4 is 28.1 Å². The molecule has 0 aliphatic heterocycles. The van der Waals surface area contributed by atoms with Crippen molar-refractivity contribution in [2.24, 2.45) is 0 Å². The van der Waals surface area contributed by atoms with Gasteiger partial charge in [0, 0.05) is 56.0 Å². The molecule has 2 aromatic heterocycles. The van der Waals surface area contributed by atoms with Crippen molar-refractivity contribution in [2.45, 2.75) is 6.92 Å². The van der Waals surface area contributed by atoms with E-state index in [1.807, 2.05) is 49.4 Å². The van der Waals surface area contributed by atoms with Gasteiger partial charge in [0.15, 0.2) is 0 Å². The van der Waals surface area contributed by atoms with E-state index in [4.69, 9.17) is 0 Å². The van der Waals surface area contributed by atoms with E-state index in [9.17, 15) is 4.79 Å². The molecule has 0 atom stereocenters. The Labute approximate surface area is 165 Å². The SMILES string of the molecule is Cc1cc2cccnc2cc1-c1cc2ncccc2cc1[C-]=O.[Y]. The summed E-state index contributed by atoms with van der Waals surface area (Å²) < 4.78 is 0. The number of pyridine rings is 2. The van der Waals surface area contributed by atoms with Crippen LogP contribution in [0.2, 0.25) is 0 Å². The van der Waals surface area contributed by atoms with Crippen molar-refractivity contribution in [3.63, 3.8) is 0 Å². The van der Waals surface area contributed by atoms with Crippen molar-refractivity contribution in [3.05, 3.63) is 72.1 Å². The van der Waals surface area contributed by atoms with Gasteiger partial charge >= 0.3 is 0 Å². The van der Waals surface area contributed by atoms with E-state index < -0.39 is 0 Å². The fourth-order valence-electron chi connectivity index (χ4n) is 2.95. The van der Waals surface area contributed by atoms with Gasteiger partial charge in [-0.2, -0.15) is 6.07 Å². The van der Waals surface area contributed by atoms with Crippen LogP contribution in [0.25, 0.3) is 32.9 Å². The second kappa shape index (κ2) is 6.88. The van der Waals surface area contributed by atoms with Crippen LogP contribution in [0, 0.1) is 6.92 Å². The van der Waals surface area contributed by atoms with Gasteiger partial charge in [0.1, 0.15) is 0 Å². The van der Waals surface area contributed by atoms with Crippen LogP contribution < -0.4 is 0 Å².